The Kier molecular flexibility index (Phi) is 6.20. The highest BCUT2D eigenvalue weighted by molar-refractivity contribution is 5.88. The minimum atomic E-state index is -0.347. The average Bonchev–Trinajstić information content (AvgIpc) is 2.54. The van der Waals surface area contributed by atoms with Crippen molar-refractivity contribution in [2.75, 3.05) is 33.8 Å². The Bertz CT molecular complexity index is 824. The summed E-state index contributed by atoms with van der Waals surface area (Å²) >= 11 is 0. The third-order valence-electron chi connectivity index (χ3n) is 4.12. The maximum Gasteiger partial charge on any atom is 0.339 e. The highest BCUT2D eigenvalue weighted by atomic mass is 16.5. The van der Waals surface area contributed by atoms with Crippen LogP contribution >= 0.6 is 0 Å². The zero-order chi connectivity index (χ0) is 18.6. The fraction of sp³-hybridized carbons (Fsp3) is 0.474. The molecule has 0 spiro atoms. The smallest absolute Gasteiger partial charge is 0.339 e. The fourth-order valence-corrected chi connectivity index (χ4v) is 2.62. The molecular weight excluding hydrogens is 320 g/mol. The molecule has 1 N–H and O–H groups in total. The number of carbonyl (C=O) groups is 1. The lowest BCUT2D eigenvalue weighted by Gasteiger charge is -2.13. The molecule has 0 atom stereocenters. The van der Waals surface area contributed by atoms with Gasteiger partial charge in [0.05, 0.1) is 5.39 Å². The summed E-state index contributed by atoms with van der Waals surface area (Å²) in [7, 11) is 3.99. The molecule has 0 saturated heterocycles. The van der Waals surface area contributed by atoms with Gasteiger partial charge in [-0.1, -0.05) is 0 Å². The van der Waals surface area contributed by atoms with E-state index in [0.717, 1.165) is 29.5 Å². The standard InChI is InChI=1S/C19H26N2O4/c1-12-9-15(24-11-17(22)20-7-6-8-21(4)5)18-13(2)14(3)19(23)25-16(18)10-12/h9-10H,6-8,11H2,1-5H3,(H,20,22). The van der Waals surface area contributed by atoms with Crippen molar-refractivity contribution in [2.24, 2.45) is 0 Å². The number of nitrogens with one attached hydrogen (secondary N) is 1. The third-order valence-corrected chi connectivity index (χ3v) is 4.12. The van der Waals surface area contributed by atoms with Crippen molar-refractivity contribution in [3.8, 4) is 5.75 Å². The van der Waals surface area contributed by atoms with Crippen LogP contribution in [0.5, 0.6) is 5.75 Å². The van der Waals surface area contributed by atoms with Gasteiger partial charge >= 0.3 is 5.63 Å². The van der Waals surface area contributed by atoms with Crippen LogP contribution in [0.3, 0.4) is 0 Å². The number of fused-ring (bicyclic) bond motifs is 1. The van der Waals surface area contributed by atoms with Crippen LogP contribution in [0.1, 0.15) is 23.1 Å². The van der Waals surface area contributed by atoms with Gasteiger partial charge < -0.3 is 19.4 Å². The Morgan fingerprint density at radius 3 is 2.60 bits per heavy atom. The molecule has 1 heterocycles. The van der Waals surface area contributed by atoms with Crippen LogP contribution in [0.2, 0.25) is 0 Å². The van der Waals surface area contributed by atoms with Gasteiger partial charge in [0, 0.05) is 12.1 Å². The zero-order valence-electron chi connectivity index (χ0n) is 15.6. The molecule has 0 bridgehead atoms. The molecule has 0 aliphatic rings. The predicted molar refractivity (Wildman–Crippen MR) is 98.4 cm³/mol. The number of hydrogen-bond donors (Lipinski definition) is 1. The first-order valence-corrected chi connectivity index (χ1v) is 8.38. The number of rotatable bonds is 7. The van der Waals surface area contributed by atoms with Crippen LogP contribution in [-0.4, -0.2) is 44.6 Å². The van der Waals surface area contributed by atoms with Gasteiger partial charge in [0.25, 0.3) is 5.91 Å². The lowest BCUT2D eigenvalue weighted by atomic mass is 10.0. The minimum absolute atomic E-state index is 0.0713. The van der Waals surface area contributed by atoms with Crippen molar-refractivity contribution >= 4 is 16.9 Å². The molecule has 6 nitrogen and oxygen atoms in total. The molecule has 0 aliphatic carbocycles. The first-order chi connectivity index (χ1) is 11.8. The van der Waals surface area contributed by atoms with Gasteiger partial charge in [-0.15, -0.1) is 0 Å². The van der Waals surface area contributed by atoms with Gasteiger partial charge in [-0.25, -0.2) is 4.79 Å². The number of carbonyl (C=O) groups excluding carboxylic acids is 1. The van der Waals surface area contributed by atoms with Crippen LogP contribution in [-0.2, 0) is 4.79 Å². The number of aryl methyl sites for hydroxylation is 2. The number of hydrogen-bond acceptors (Lipinski definition) is 5. The number of ether oxygens (including phenoxy) is 1. The molecule has 0 unspecified atom stereocenters. The molecule has 0 radical (unpaired) electrons. The summed E-state index contributed by atoms with van der Waals surface area (Å²) < 4.78 is 11.1. The van der Waals surface area contributed by atoms with Crippen molar-refractivity contribution in [1.29, 1.82) is 0 Å². The highest BCUT2D eigenvalue weighted by Gasteiger charge is 2.14. The zero-order valence-corrected chi connectivity index (χ0v) is 15.6. The summed E-state index contributed by atoms with van der Waals surface area (Å²) in [6.07, 6.45) is 0.884. The quantitative estimate of drug-likeness (QED) is 0.614. The van der Waals surface area contributed by atoms with Crippen molar-refractivity contribution in [1.82, 2.24) is 10.2 Å². The molecule has 0 fully saturated rings. The highest BCUT2D eigenvalue weighted by Crippen LogP contribution is 2.30. The summed E-state index contributed by atoms with van der Waals surface area (Å²) in [6, 6.07) is 3.66. The van der Waals surface area contributed by atoms with E-state index >= 15 is 0 Å². The van der Waals surface area contributed by atoms with E-state index in [1.165, 1.54) is 0 Å². The minimum Gasteiger partial charge on any atom is -0.483 e. The van der Waals surface area contributed by atoms with E-state index in [1.54, 1.807) is 13.0 Å². The molecule has 6 heteroatoms. The molecule has 0 aliphatic heterocycles. The molecule has 1 aromatic carbocycles. The lowest BCUT2D eigenvalue weighted by molar-refractivity contribution is -0.123. The molecule has 2 aromatic rings. The topological polar surface area (TPSA) is 71.8 Å². The summed E-state index contributed by atoms with van der Waals surface area (Å²) in [5.74, 6) is 0.392. The lowest BCUT2D eigenvalue weighted by Crippen LogP contribution is -2.31. The van der Waals surface area contributed by atoms with Crippen LogP contribution in [0.15, 0.2) is 21.3 Å². The van der Waals surface area contributed by atoms with E-state index in [9.17, 15) is 9.59 Å². The van der Waals surface area contributed by atoms with Gasteiger partial charge in [-0.2, -0.15) is 0 Å². The maximum atomic E-state index is 12.0. The Labute approximate surface area is 147 Å². The maximum absolute atomic E-state index is 12.0. The van der Waals surface area contributed by atoms with E-state index in [0.29, 0.717) is 23.4 Å². The van der Waals surface area contributed by atoms with Gasteiger partial charge in [0.15, 0.2) is 6.61 Å². The molecule has 1 aromatic heterocycles. The molecule has 0 saturated carbocycles. The Hall–Kier alpha value is -2.34. The molecule has 25 heavy (non-hydrogen) atoms. The predicted octanol–water partition coefficient (Wildman–Crippen LogP) is 2.16. The monoisotopic (exact) mass is 346 g/mol. The van der Waals surface area contributed by atoms with E-state index in [-0.39, 0.29) is 18.1 Å². The third kappa shape index (κ3) is 4.82. The Morgan fingerprint density at radius 1 is 1.20 bits per heavy atom. The van der Waals surface area contributed by atoms with Crippen LogP contribution in [0.25, 0.3) is 11.0 Å². The molecule has 136 valence electrons. The fourth-order valence-electron chi connectivity index (χ4n) is 2.62. The molecule has 2 rings (SSSR count). The average molecular weight is 346 g/mol. The SMILES string of the molecule is Cc1cc(OCC(=O)NCCCN(C)C)c2c(C)c(C)c(=O)oc2c1. The van der Waals surface area contributed by atoms with E-state index < -0.39 is 0 Å². The second-order valence-corrected chi connectivity index (χ2v) is 6.57. The van der Waals surface area contributed by atoms with Crippen molar-refractivity contribution < 1.29 is 13.9 Å². The van der Waals surface area contributed by atoms with Crippen LogP contribution < -0.4 is 15.7 Å². The summed E-state index contributed by atoms with van der Waals surface area (Å²) in [5.41, 5.74) is 2.40. The Morgan fingerprint density at radius 2 is 1.92 bits per heavy atom. The van der Waals surface area contributed by atoms with Crippen molar-refractivity contribution in [3.63, 3.8) is 0 Å². The normalized spacial score (nSPS) is 11.1. The first kappa shape index (κ1) is 19.0. The van der Waals surface area contributed by atoms with Crippen molar-refractivity contribution in [3.05, 3.63) is 39.2 Å². The second-order valence-electron chi connectivity index (χ2n) is 6.57. The summed E-state index contributed by atoms with van der Waals surface area (Å²) in [6.45, 7) is 6.93. The molecular formula is C19H26N2O4. The van der Waals surface area contributed by atoms with Crippen LogP contribution in [0.4, 0.5) is 0 Å². The van der Waals surface area contributed by atoms with Gasteiger partial charge in [0.1, 0.15) is 11.3 Å². The van der Waals surface area contributed by atoms with E-state index in [4.69, 9.17) is 9.15 Å². The van der Waals surface area contributed by atoms with E-state index in [2.05, 4.69) is 10.2 Å². The number of amides is 1. The first-order valence-electron chi connectivity index (χ1n) is 8.38. The Balaban J connectivity index is 2.12. The van der Waals surface area contributed by atoms with Gasteiger partial charge in [0.2, 0.25) is 0 Å². The van der Waals surface area contributed by atoms with Gasteiger partial charge in [-0.05, 0) is 71.1 Å². The second kappa shape index (κ2) is 8.16. The summed E-state index contributed by atoms with van der Waals surface area (Å²) in [4.78, 5) is 25.9. The summed E-state index contributed by atoms with van der Waals surface area (Å²) in [5, 5.41) is 3.58. The molecule has 1 amide bonds. The van der Waals surface area contributed by atoms with Gasteiger partial charge in [-0.3, -0.25) is 4.79 Å². The number of nitrogens with zero attached hydrogens (tertiary/aromatic N) is 1. The van der Waals surface area contributed by atoms with Crippen molar-refractivity contribution in [2.45, 2.75) is 27.2 Å². The van der Waals surface area contributed by atoms with E-state index in [1.807, 2.05) is 34.0 Å². The largest absolute Gasteiger partial charge is 0.483 e. The van der Waals surface area contributed by atoms with Crippen LogP contribution in [0, 0.1) is 20.8 Å². The number of benzene rings is 1.